The molecule has 2 atom stereocenters. The minimum absolute atomic E-state index is 0.0896. The summed E-state index contributed by atoms with van der Waals surface area (Å²) in [4.78, 5) is 26.3. The Morgan fingerprint density at radius 1 is 1.38 bits per heavy atom. The lowest BCUT2D eigenvalue weighted by Crippen LogP contribution is -2.38. The van der Waals surface area contributed by atoms with E-state index in [9.17, 15) is 9.59 Å². The fourth-order valence-corrected chi connectivity index (χ4v) is 2.86. The number of carbonyl (C=O) groups excluding carboxylic acids is 2. The zero-order valence-electron chi connectivity index (χ0n) is 14.4. The van der Waals surface area contributed by atoms with Gasteiger partial charge in [0.2, 0.25) is 11.8 Å². The summed E-state index contributed by atoms with van der Waals surface area (Å²) < 4.78 is 10.5. The van der Waals surface area contributed by atoms with Crippen LogP contribution in [0, 0.1) is 5.92 Å². The van der Waals surface area contributed by atoms with Crippen molar-refractivity contribution in [3.63, 3.8) is 0 Å². The lowest BCUT2D eigenvalue weighted by molar-refractivity contribution is -0.126. The number of hydrogen-bond acceptors (Lipinski definition) is 4. The highest BCUT2D eigenvalue weighted by molar-refractivity contribution is 6.32. The Kier molecular flexibility index (Phi) is 5.94. The standard InChI is InChI=1S/C17H23ClN2O4/c1-5-10(2)19-17(22)11-6-16(21)20(9-11)13-8-14(23-3)12(18)7-15(13)24-4/h7-8,10-11H,5-6,9H2,1-4H3,(H,19,22). The van der Waals surface area contributed by atoms with Crippen molar-refractivity contribution >= 4 is 29.1 Å². The lowest BCUT2D eigenvalue weighted by atomic mass is 10.1. The van der Waals surface area contributed by atoms with Gasteiger partial charge in [-0.25, -0.2) is 0 Å². The van der Waals surface area contributed by atoms with E-state index in [0.717, 1.165) is 6.42 Å². The molecule has 1 heterocycles. The molecule has 24 heavy (non-hydrogen) atoms. The Morgan fingerprint density at radius 2 is 2.04 bits per heavy atom. The predicted octanol–water partition coefficient (Wildman–Crippen LogP) is 2.62. The van der Waals surface area contributed by atoms with Gasteiger partial charge in [0.05, 0.1) is 30.8 Å². The van der Waals surface area contributed by atoms with Crippen molar-refractivity contribution in [1.29, 1.82) is 0 Å². The van der Waals surface area contributed by atoms with Crippen LogP contribution < -0.4 is 19.7 Å². The van der Waals surface area contributed by atoms with Crippen LogP contribution in [0.5, 0.6) is 11.5 Å². The molecule has 0 bridgehead atoms. The second-order valence-corrected chi connectivity index (χ2v) is 6.29. The molecule has 0 spiro atoms. The summed E-state index contributed by atoms with van der Waals surface area (Å²) in [6.45, 7) is 4.25. The number of nitrogens with zero attached hydrogens (tertiary/aromatic N) is 1. The highest BCUT2D eigenvalue weighted by atomic mass is 35.5. The van der Waals surface area contributed by atoms with Gasteiger partial charge in [-0.05, 0) is 13.3 Å². The van der Waals surface area contributed by atoms with Crippen molar-refractivity contribution in [2.24, 2.45) is 5.92 Å². The van der Waals surface area contributed by atoms with Crippen molar-refractivity contribution in [2.75, 3.05) is 25.7 Å². The maximum absolute atomic E-state index is 12.4. The van der Waals surface area contributed by atoms with E-state index < -0.39 is 0 Å². The van der Waals surface area contributed by atoms with Crippen LogP contribution in [0.2, 0.25) is 5.02 Å². The maximum Gasteiger partial charge on any atom is 0.227 e. The van der Waals surface area contributed by atoms with E-state index in [1.165, 1.54) is 14.2 Å². The molecule has 6 nitrogen and oxygen atoms in total. The molecule has 1 N–H and O–H groups in total. The van der Waals surface area contributed by atoms with Crippen molar-refractivity contribution in [3.05, 3.63) is 17.2 Å². The van der Waals surface area contributed by atoms with Gasteiger partial charge in [-0.15, -0.1) is 0 Å². The zero-order chi connectivity index (χ0) is 17.9. The van der Waals surface area contributed by atoms with Crippen LogP contribution in [0.1, 0.15) is 26.7 Å². The van der Waals surface area contributed by atoms with E-state index in [4.69, 9.17) is 21.1 Å². The smallest absolute Gasteiger partial charge is 0.227 e. The van der Waals surface area contributed by atoms with Gasteiger partial charge in [-0.3, -0.25) is 9.59 Å². The Balaban J connectivity index is 2.24. The topological polar surface area (TPSA) is 67.9 Å². The number of carbonyl (C=O) groups is 2. The summed E-state index contributed by atoms with van der Waals surface area (Å²) in [6.07, 6.45) is 1.02. The first kappa shape index (κ1) is 18.4. The molecule has 0 saturated carbocycles. The molecule has 132 valence electrons. The number of methoxy groups -OCH3 is 2. The average Bonchev–Trinajstić information content (AvgIpc) is 2.96. The molecule has 1 fully saturated rings. The van der Waals surface area contributed by atoms with Crippen LogP contribution in [0.25, 0.3) is 0 Å². The number of nitrogens with one attached hydrogen (secondary N) is 1. The van der Waals surface area contributed by atoms with E-state index in [-0.39, 0.29) is 30.2 Å². The van der Waals surface area contributed by atoms with Gasteiger partial charge in [-0.1, -0.05) is 18.5 Å². The number of hydrogen-bond donors (Lipinski definition) is 1. The third-order valence-corrected chi connectivity index (χ3v) is 4.54. The number of amides is 2. The van der Waals surface area contributed by atoms with Crippen LogP contribution in [0.15, 0.2) is 12.1 Å². The Morgan fingerprint density at radius 3 is 2.62 bits per heavy atom. The molecule has 1 aliphatic heterocycles. The first-order chi connectivity index (χ1) is 11.4. The number of rotatable bonds is 6. The quantitative estimate of drug-likeness (QED) is 0.852. The minimum atomic E-state index is -0.377. The Bertz CT molecular complexity index is 635. The molecule has 1 saturated heterocycles. The molecule has 7 heteroatoms. The summed E-state index contributed by atoms with van der Waals surface area (Å²) in [5.74, 6) is 0.324. The van der Waals surface area contributed by atoms with E-state index in [0.29, 0.717) is 28.8 Å². The molecule has 1 aliphatic rings. The van der Waals surface area contributed by atoms with E-state index in [1.54, 1.807) is 17.0 Å². The molecular formula is C17H23ClN2O4. The summed E-state index contributed by atoms with van der Waals surface area (Å²) in [5.41, 5.74) is 0.558. The predicted molar refractivity (Wildman–Crippen MR) is 92.9 cm³/mol. The van der Waals surface area contributed by atoms with Gasteiger partial charge in [-0.2, -0.15) is 0 Å². The van der Waals surface area contributed by atoms with Gasteiger partial charge in [0.1, 0.15) is 11.5 Å². The molecule has 1 aromatic rings. The third-order valence-electron chi connectivity index (χ3n) is 4.24. The van der Waals surface area contributed by atoms with Gasteiger partial charge in [0.15, 0.2) is 0 Å². The molecule has 0 aliphatic carbocycles. The zero-order valence-corrected chi connectivity index (χ0v) is 15.1. The first-order valence-corrected chi connectivity index (χ1v) is 8.31. The highest BCUT2D eigenvalue weighted by Crippen LogP contribution is 2.40. The third kappa shape index (κ3) is 3.75. The van der Waals surface area contributed by atoms with Crippen LogP contribution in [0.4, 0.5) is 5.69 Å². The molecular weight excluding hydrogens is 332 g/mol. The van der Waals surface area contributed by atoms with Gasteiger partial charge >= 0.3 is 0 Å². The largest absolute Gasteiger partial charge is 0.495 e. The van der Waals surface area contributed by atoms with Crippen LogP contribution >= 0.6 is 11.6 Å². The molecule has 0 aromatic heterocycles. The van der Waals surface area contributed by atoms with Crippen LogP contribution in [-0.2, 0) is 9.59 Å². The monoisotopic (exact) mass is 354 g/mol. The fraction of sp³-hybridized carbons (Fsp3) is 0.529. The van der Waals surface area contributed by atoms with E-state index in [2.05, 4.69) is 5.32 Å². The molecule has 2 rings (SSSR count). The van der Waals surface area contributed by atoms with Crippen molar-refractivity contribution < 1.29 is 19.1 Å². The molecule has 2 amide bonds. The summed E-state index contributed by atoms with van der Waals surface area (Å²) in [6, 6.07) is 3.36. The van der Waals surface area contributed by atoms with Crippen molar-refractivity contribution in [3.8, 4) is 11.5 Å². The second kappa shape index (κ2) is 7.75. The lowest BCUT2D eigenvalue weighted by Gasteiger charge is -2.21. The Hall–Kier alpha value is -1.95. The van der Waals surface area contributed by atoms with Gasteiger partial charge < -0.3 is 19.7 Å². The van der Waals surface area contributed by atoms with E-state index >= 15 is 0 Å². The number of ether oxygens (including phenoxy) is 2. The number of benzene rings is 1. The molecule has 0 radical (unpaired) electrons. The number of halogens is 1. The van der Waals surface area contributed by atoms with Gasteiger partial charge in [0.25, 0.3) is 0 Å². The highest BCUT2D eigenvalue weighted by Gasteiger charge is 2.37. The fourth-order valence-electron chi connectivity index (χ4n) is 2.63. The summed E-state index contributed by atoms with van der Waals surface area (Å²) in [7, 11) is 3.01. The van der Waals surface area contributed by atoms with Crippen LogP contribution in [0.3, 0.4) is 0 Å². The second-order valence-electron chi connectivity index (χ2n) is 5.88. The van der Waals surface area contributed by atoms with Crippen molar-refractivity contribution in [1.82, 2.24) is 5.32 Å². The number of anilines is 1. The summed E-state index contributed by atoms with van der Waals surface area (Å²) >= 11 is 6.10. The molecule has 2 unspecified atom stereocenters. The first-order valence-electron chi connectivity index (χ1n) is 7.93. The average molecular weight is 355 g/mol. The van der Waals surface area contributed by atoms with E-state index in [1.807, 2.05) is 13.8 Å². The van der Waals surface area contributed by atoms with Gasteiger partial charge in [0, 0.05) is 31.1 Å². The normalized spacial score (nSPS) is 18.5. The molecule has 1 aromatic carbocycles. The summed E-state index contributed by atoms with van der Waals surface area (Å²) in [5, 5.41) is 3.33. The Labute approximate surface area is 147 Å². The van der Waals surface area contributed by atoms with Crippen molar-refractivity contribution in [2.45, 2.75) is 32.7 Å². The van der Waals surface area contributed by atoms with Crippen LogP contribution in [-0.4, -0.2) is 38.6 Å². The SMILES string of the molecule is CCC(C)NC(=O)C1CC(=O)N(c2cc(OC)c(Cl)cc2OC)C1. The minimum Gasteiger partial charge on any atom is -0.495 e. The maximum atomic E-state index is 12.4.